The third-order valence-electron chi connectivity index (χ3n) is 8.00. The Balaban J connectivity index is 1.16. The van der Waals surface area contributed by atoms with Crippen molar-refractivity contribution in [2.24, 2.45) is 17.3 Å². The summed E-state index contributed by atoms with van der Waals surface area (Å²) in [6.07, 6.45) is 5.13. The van der Waals surface area contributed by atoms with E-state index in [4.69, 9.17) is 4.74 Å². The highest BCUT2D eigenvalue weighted by atomic mass is 16.5. The van der Waals surface area contributed by atoms with Crippen LogP contribution in [0.5, 0.6) is 0 Å². The number of hydrogen-bond donors (Lipinski definition) is 4. The monoisotopic (exact) mass is 450 g/mol. The highest BCUT2D eigenvalue weighted by molar-refractivity contribution is 5.23. The third kappa shape index (κ3) is 4.78. The van der Waals surface area contributed by atoms with Gasteiger partial charge < -0.3 is 25.2 Å². The van der Waals surface area contributed by atoms with Crippen molar-refractivity contribution in [3.05, 3.63) is 23.5 Å². The van der Waals surface area contributed by atoms with E-state index in [2.05, 4.69) is 30.2 Å². The lowest BCUT2D eigenvalue weighted by atomic mass is 9.48. The smallest absolute Gasteiger partial charge is 0.109 e. The predicted molar refractivity (Wildman–Crippen MR) is 117 cm³/mol. The molecule has 4 aliphatic rings. The zero-order chi connectivity index (χ0) is 22.9. The number of allylic oxidation sites excluding steroid dienone is 1. The van der Waals surface area contributed by atoms with Crippen LogP contribution in [-0.2, 0) is 17.9 Å². The number of β-amino-alcohol motifs (C(OH)–C–C–N with tert-alkyl or cyclic N) is 1. The first kappa shape index (κ1) is 23.8. The van der Waals surface area contributed by atoms with E-state index < -0.39 is 24.4 Å². The number of hydrogen-bond acceptors (Lipinski definition) is 8. The van der Waals surface area contributed by atoms with Gasteiger partial charge in [-0.05, 0) is 42.9 Å². The van der Waals surface area contributed by atoms with E-state index >= 15 is 0 Å². The fourth-order valence-corrected chi connectivity index (χ4v) is 5.71. The Labute approximate surface area is 189 Å². The topological polar surface area (TPSA) is 124 Å². The van der Waals surface area contributed by atoms with Crippen LogP contribution in [0.15, 0.2) is 17.8 Å². The predicted octanol–water partition coefficient (Wildman–Crippen LogP) is 0.327. The molecule has 32 heavy (non-hydrogen) atoms. The molecule has 2 bridgehead atoms. The standard InChI is InChI=1S/C23H38N4O5/c1-23(2)16-5-4-15(18(23)10-16)6-9-32-14-17-11-27(25-24-17)8-3-7-26-12-20(29)22(31)21(30)19(26)13-28/h4,11,16,18-22,28-31H,3,5-10,12-14H2,1-2H3/t16?,18?,19-,20+,21-,22-/m1/s1. The van der Waals surface area contributed by atoms with Gasteiger partial charge in [0.25, 0.3) is 0 Å². The summed E-state index contributed by atoms with van der Waals surface area (Å²) in [5.74, 6) is 1.58. The molecule has 1 aromatic rings. The maximum Gasteiger partial charge on any atom is 0.109 e. The number of likely N-dealkylation sites (tertiary alicyclic amines) is 1. The van der Waals surface area contributed by atoms with Gasteiger partial charge in [-0.3, -0.25) is 9.58 Å². The minimum atomic E-state index is -1.23. The number of aliphatic hydroxyl groups excluding tert-OH is 4. The zero-order valence-corrected chi connectivity index (χ0v) is 19.2. The molecule has 0 amide bonds. The molecular formula is C23H38N4O5. The average Bonchev–Trinajstić information content (AvgIpc) is 3.23. The number of piperidine rings is 1. The molecule has 2 unspecified atom stereocenters. The molecule has 9 heteroatoms. The van der Waals surface area contributed by atoms with Gasteiger partial charge in [0.1, 0.15) is 17.9 Å². The molecule has 0 radical (unpaired) electrons. The van der Waals surface area contributed by atoms with Crippen molar-refractivity contribution in [2.45, 2.75) is 77.0 Å². The van der Waals surface area contributed by atoms with Crippen LogP contribution in [-0.4, -0.2) is 91.0 Å². The largest absolute Gasteiger partial charge is 0.395 e. The van der Waals surface area contributed by atoms with Gasteiger partial charge in [-0.15, -0.1) is 5.10 Å². The summed E-state index contributed by atoms with van der Waals surface area (Å²) in [5.41, 5.74) is 2.81. The van der Waals surface area contributed by atoms with Gasteiger partial charge in [-0.1, -0.05) is 30.7 Å². The fraction of sp³-hybridized carbons (Fsp3) is 0.826. The number of ether oxygens (including phenoxy) is 1. The van der Waals surface area contributed by atoms with Crippen LogP contribution in [0.4, 0.5) is 0 Å². The fourth-order valence-electron chi connectivity index (χ4n) is 5.71. The molecule has 0 spiro atoms. The van der Waals surface area contributed by atoms with Gasteiger partial charge in [0.2, 0.25) is 0 Å². The summed E-state index contributed by atoms with van der Waals surface area (Å²) in [4.78, 5) is 1.81. The molecule has 2 heterocycles. The average molecular weight is 451 g/mol. The van der Waals surface area contributed by atoms with E-state index in [1.165, 1.54) is 12.8 Å². The summed E-state index contributed by atoms with van der Waals surface area (Å²) >= 11 is 0. The summed E-state index contributed by atoms with van der Waals surface area (Å²) < 4.78 is 7.62. The highest BCUT2D eigenvalue weighted by Crippen LogP contribution is 2.59. The SMILES string of the molecule is CC1(C)C2CC=C(CCOCc3cn(CCCN4C[C@H](O)[C@@H](O)[C@H](O)[C@H]4CO)nn3)C1C2. The van der Waals surface area contributed by atoms with Crippen LogP contribution in [0.25, 0.3) is 0 Å². The molecule has 1 saturated carbocycles. The Morgan fingerprint density at radius 1 is 1.19 bits per heavy atom. The van der Waals surface area contributed by atoms with Crippen LogP contribution < -0.4 is 0 Å². The quantitative estimate of drug-likeness (QED) is 0.297. The first-order chi connectivity index (χ1) is 15.3. The number of rotatable bonds is 10. The lowest BCUT2D eigenvalue weighted by Crippen LogP contribution is -2.62. The van der Waals surface area contributed by atoms with Gasteiger partial charge in [-0.2, -0.15) is 0 Å². The van der Waals surface area contributed by atoms with E-state index in [-0.39, 0.29) is 13.2 Å². The second-order valence-electron chi connectivity index (χ2n) is 10.2. The van der Waals surface area contributed by atoms with Crippen LogP contribution in [0.2, 0.25) is 0 Å². The zero-order valence-electron chi connectivity index (χ0n) is 19.2. The van der Waals surface area contributed by atoms with E-state index in [0.717, 1.165) is 24.0 Å². The summed E-state index contributed by atoms with van der Waals surface area (Å²) in [5, 5.41) is 47.7. The lowest BCUT2D eigenvalue weighted by molar-refractivity contribution is -0.145. The van der Waals surface area contributed by atoms with E-state index in [1.54, 1.807) is 10.3 Å². The summed E-state index contributed by atoms with van der Waals surface area (Å²) in [6, 6.07) is -0.580. The summed E-state index contributed by atoms with van der Waals surface area (Å²) in [6.45, 7) is 7.05. The molecule has 1 aromatic heterocycles. The van der Waals surface area contributed by atoms with Crippen molar-refractivity contribution < 1.29 is 25.2 Å². The highest BCUT2D eigenvalue weighted by Gasteiger charge is 2.50. The van der Waals surface area contributed by atoms with Crippen molar-refractivity contribution in [2.75, 3.05) is 26.3 Å². The van der Waals surface area contributed by atoms with Gasteiger partial charge in [0.15, 0.2) is 0 Å². The first-order valence-electron chi connectivity index (χ1n) is 11.9. The molecule has 3 aliphatic carbocycles. The van der Waals surface area contributed by atoms with Gasteiger partial charge in [0, 0.05) is 19.6 Å². The van der Waals surface area contributed by atoms with Gasteiger partial charge in [-0.25, -0.2) is 0 Å². The van der Waals surface area contributed by atoms with Crippen molar-refractivity contribution in [1.29, 1.82) is 0 Å². The Bertz CT molecular complexity index is 797. The van der Waals surface area contributed by atoms with Crippen molar-refractivity contribution in [1.82, 2.24) is 19.9 Å². The van der Waals surface area contributed by atoms with Crippen LogP contribution in [0, 0.1) is 17.3 Å². The molecule has 180 valence electrons. The molecule has 9 nitrogen and oxygen atoms in total. The third-order valence-corrected chi connectivity index (χ3v) is 8.00. The molecular weight excluding hydrogens is 412 g/mol. The number of aryl methyl sites for hydroxylation is 1. The number of fused-ring (bicyclic) bond motifs is 1. The second-order valence-corrected chi connectivity index (χ2v) is 10.2. The minimum absolute atomic E-state index is 0.217. The van der Waals surface area contributed by atoms with Crippen molar-refractivity contribution in [3.63, 3.8) is 0 Å². The maximum atomic E-state index is 10.1. The molecule has 6 atom stereocenters. The Hall–Kier alpha value is -1.36. The second kappa shape index (κ2) is 9.87. The molecule has 5 rings (SSSR count). The first-order valence-corrected chi connectivity index (χ1v) is 11.9. The van der Waals surface area contributed by atoms with E-state index in [9.17, 15) is 20.4 Å². The maximum absolute atomic E-state index is 10.1. The van der Waals surface area contributed by atoms with Crippen molar-refractivity contribution >= 4 is 0 Å². The number of nitrogens with zero attached hydrogens (tertiary/aromatic N) is 4. The number of aliphatic hydroxyl groups is 4. The molecule has 2 fully saturated rings. The molecule has 4 N–H and O–H groups in total. The lowest BCUT2D eigenvalue weighted by Gasteiger charge is -2.56. The minimum Gasteiger partial charge on any atom is -0.395 e. The Morgan fingerprint density at radius 3 is 2.72 bits per heavy atom. The van der Waals surface area contributed by atoms with Crippen LogP contribution in [0.3, 0.4) is 0 Å². The Morgan fingerprint density at radius 2 is 2.00 bits per heavy atom. The molecule has 0 aromatic carbocycles. The van der Waals surface area contributed by atoms with Gasteiger partial charge >= 0.3 is 0 Å². The number of aromatic nitrogens is 3. The molecule has 1 saturated heterocycles. The Kier molecular flexibility index (Phi) is 7.33. The van der Waals surface area contributed by atoms with Crippen LogP contribution in [0.1, 0.15) is 45.2 Å². The van der Waals surface area contributed by atoms with Crippen LogP contribution >= 0.6 is 0 Å². The van der Waals surface area contributed by atoms with E-state index in [0.29, 0.717) is 38.1 Å². The molecule has 1 aliphatic heterocycles. The van der Waals surface area contributed by atoms with Gasteiger partial charge in [0.05, 0.1) is 38.2 Å². The van der Waals surface area contributed by atoms with Crippen molar-refractivity contribution in [3.8, 4) is 0 Å². The van der Waals surface area contributed by atoms with E-state index in [1.807, 2.05) is 11.1 Å². The summed E-state index contributed by atoms with van der Waals surface area (Å²) in [7, 11) is 0. The normalized spacial score (nSPS) is 34.2.